The van der Waals surface area contributed by atoms with Gasteiger partial charge in [-0.25, -0.2) is 4.98 Å². The van der Waals surface area contributed by atoms with E-state index in [1.807, 2.05) is 0 Å². The Hall–Kier alpha value is -0.940. The first kappa shape index (κ1) is 13.1. The van der Waals surface area contributed by atoms with Crippen LogP contribution in [0.15, 0.2) is 5.38 Å². The molecule has 5 heteroatoms. The minimum absolute atomic E-state index is 0.0323. The maximum Gasteiger partial charge on any atom is 0.303 e. The summed E-state index contributed by atoms with van der Waals surface area (Å²) in [5.74, 6) is -0.898. The smallest absolute Gasteiger partial charge is 0.303 e. The van der Waals surface area contributed by atoms with E-state index in [1.165, 1.54) is 11.3 Å². The summed E-state index contributed by atoms with van der Waals surface area (Å²) in [6.45, 7) is 6.16. The predicted octanol–water partition coefficient (Wildman–Crippen LogP) is 2.34. The second-order valence-electron chi connectivity index (χ2n) is 4.78. The molecule has 0 aromatic carbocycles. The lowest BCUT2D eigenvalue weighted by atomic mass is 9.98. The monoisotopic (exact) mass is 243 g/mol. The summed E-state index contributed by atoms with van der Waals surface area (Å²) in [6, 6.07) is 0. The van der Waals surface area contributed by atoms with Gasteiger partial charge in [0.05, 0.1) is 16.8 Å². The molecule has 1 heterocycles. The van der Waals surface area contributed by atoms with Gasteiger partial charge in [-0.05, 0) is 6.42 Å². The van der Waals surface area contributed by atoms with E-state index in [0.717, 1.165) is 5.01 Å². The summed E-state index contributed by atoms with van der Waals surface area (Å²) in [6.07, 6.45) is -0.602. The molecular weight excluding hydrogens is 226 g/mol. The maximum absolute atomic E-state index is 10.4. The van der Waals surface area contributed by atoms with Crippen molar-refractivity contribution in [2.45, 2.75) is 45.1 Å². The number of aliphatic hydroxyl groups is 1. The second-order valence-corrected chi connectivity index (χ2v) is 5.63. The molecule has 0 amide bonds. The molecule has 0 fully saturated rings. The third-order valence-electron chi connectivity index (χ3n) is 2.14. The number of hydrogen-bond acceptors (Lipinski definition) is 4. The highest BCUT2D eigenvalue weighted by Crippen LogP contribution is 2.28. The van der Waals surface area contributed by atoms with Gasteiger partial charge in [0.15, 0.2) is 0 Å². The fraction of sp³-hybridized carbons (Fsp3) is 0.636. The van der Waals surface area contributed by atoms with E-state index >= 15 is 0 Å². The molecule has 16 heavy (non-hydrogen) atoms. The van der Waals surface area contributed by atoms with Crippen LogP contribution in [-0.2, 0) is 10.2 Å². The number of hydrogen-bond donors (Lipinski definition) is 2. The van der Waals surface area contributed by atoms with Crippen molar-refractivity contribution in [3.8, 4) is 0 Å². The third kappa shape index (κ3) is 3.57. The molecule has 0 saturated carbocycles. The molecule has 0 aliphatic carbocycles. The molecule has 1 aromatic rings. The third-order valence-corrected chi connectivity index (χ3v) is 3.42. The van der Waals surface area contributed by atoms with Crippen LogP contribution in [0.3, 0.4) is 0 Å². The van der Waals surface area contributed by atoms with Crippen LogP contribution in [0, 0.1) is 0 Å². The number of carbonyl (C=O) groups is 1. The lowest BCUT2D eigenvalue weighted by Crippen LogP contribution is -2.11. The molecule has 4 nitrogen and oxygen atoms in total. The lowest BCUT2D eigenvalue weighted by Gasteiger charge is -2.14. The highest BCUT2D eigenvalue weighted by atomic mass is 32.1. The minimum Gasteiger partial charge on any atom is -0.481 e. The average Bonchev–Trinajstić information content (AvgIpc) is 2.61. The summed E-state index contributed by atoms with van der Waals surface area (Å²) in [7, 11) is 0. The van der Waals surface area contributed by atoms with E-state index in [9.17, 15) is 9.90 Å². The van der Waals surface area contributed by atoms with Crippen LogP contribution in [0.2, 0.25) is 0 Å². The van der Waals surface area contributed by atoms with Crippen molar-refractivity contribution in [3.05, 3.63) is 16.1 Å². The second kappa shape index (κ2) is 4.93. The van der Waals surface area contributed by atoms with E-state index in [2.05, 4.69) is 25.8 Å². The number of aliphatic carboxylic acids is 1. The van der Waals surface area contributed by atoms with Gasteiger partial charge in [-0.15, -0.1) is 11.3 Å². The van der Waals surface area contributed by atoms with E-state index in [0.29, 0.717) is 5.69 Å². The molecular formula is C11H17NO3S. The molecule has 0 radical (unpaired) electrons. The molecule has 1 unspecified atom stereocenters. The highest BCUT2D eigenvalue weighted by Gasteiger charge is 2.20. The summed E-state index contributed by atoms with van der Waals surface area (Å²) in [4.78, 5) is 14.7. The van der Waals surface area contributed by atoms with Crippen LogP contribution in [0.5, 0.6) is 0 Å². The van der Waals surface area contributed by atoms with Crippen LogP contribution in [0.4, 0.5) is 0 Å². The summed E-state index contributed by atoms with van der Waals surface area (Å²) < 4.78 is 0. The molecule has 0 saturated heterocycles. The van der Waals surface area contributed by atoms with Gasteiger partial charge in [-0.3, -0.25) is 4.79 Å². The Balaban J connectivity index is 2.67. The lowest BCUT2D eigenvalue weighted by molar-refractivity contribution is -0.137. The standard InChI is InChI=1S/C11H17NO3S/c1-11(2,3)10-12-7(6-16-10)8(13)4-5-9(14)15/h6,8,13H,4-5H2,1-3H3,(H,14,15). The van der Waals surface area contributed by atoms with Gasteiger partial charge in [-0.1, -0.05) is 20.8 Å². The van der Waals surface area contributed by atoms with Gasteiger partial charge in [0, 0.05) is 17.2 Å². The van der Waals surface area contributed by atoms with Crippen molar-refractivity contribution < 1.29 is 15.0 Å². The number of aliphatic hydroxyl groups excluding tert-OH is 1. The van der Waals surface area contributed by atoms with Gasteiger partial charge in [0.25, 0.3) is 0 Å². The van der Waals surface area contributed by atoms with Gasteiger partial charge in [-0.2, -0.15) is 0 Å². The zero-order chi connectivity index (χ0) is 12.3. The van der Waals surface area contributed by atoms with Gasteiger partial charge in [0.1, 0.15) is 0 Å². The normalized spacial score (nSPS) is 13.8. The SMILES string of the molecule is CC(C)(C)c1nc(C(O)CCC(=O)O)cs1. The number of thiazole rings is 1. The number of aromatic nitrogens is 1. The van der Waals surface area contributed by atoms with E-state index in [4.69, 9.17) is 5.11 Å². The van der Waals surface area contributed by atoms with Gasteiger partial charge < -0.3 is 10.2 Å². The predicted molar refractivity (Wildman–Crippen MR) is 62.6 cm³/mol. The number of carboxylic acid groups (broad SMARTS) is 1. The highest BCUT2D eigenvalue weighted by molar-refractivity contribution is 7.09. The minimum atomic E-state index is -0.898. The Morgan fingerprint density at radius 1 is 1.56 bits per heavy atom. The summed E-state index contributed by atoms with van der Waals surface area (Å²) in [5.41, 5.74) is 0.547. The molecule has 0 aliphatic heterocycles. The Morgan fingerprint density at radius 3 is 2.62 bits per heavy atom. The molecule has 1 aromatic heterocycles. The average molecular weight is 243 g/mol. The Kier molecular flexibility index (Phi) is 4.04. The first-order valence-corrected chi connectivity index (χ1v) is 6.04. The Bertz CT molecular complexity index is 368. The van der Waals surface area contributed by atoms with Crippen LogP contribution < -0.4 is 0 Å². The van der Waals surface area contributed by atoms with E-state index < -0.39 is 12.1 Å². The van der Waals surface area contributed by atoms with Gasteiger partial charge >= 0.3 is 5.97 Å². The Labute approximate surface area is 99.0 Å². The maximum atomic E-state index is 10.4. The molecule has 1 atom stereocenters. The topological polar surface area (TPSA) is 70.4 Å². The van der Waals surface area contributed by atoms with Crippen LogP contribution in [0.25, 0.3) is 0 Å². The van der Waals surface area contributed by atoms with Crippen LogP contribution >= 0.6 is 11.3 Å². The molecule has 2 N–H and O–H groups in total. The largest absolute Gasteiger partial charge is 0.481 e. The molecule has 1 rings (SSSR count). The zero-order valence-corrected chi connectivity index (χ0v) is 10.5. The summed E-state index contributed by atoms with van der Waals surface area (Å²) in [5, 5.41) is 21.0. The van der Waals surface area contributed by atoms with Crippen LogP contribution in [0.1, 0.15) is 50.4 Å². The number of rotatable bonds is 4. The first-order valence-electron chi connectivity index (χ1n) is 5.16. The van der Waals surface area contributed by atoms with Crippen molar-refractivity contribution in [1.82, 2.24) is 4.98 Å². The Morgan fingerprint density at radius 2 is 2.19 bits per heavy atom. The van der Waals surface area contributed by atoms with Crippen molar-refractivity contribution >= 4 is 17.3 Å². The molecule has 0 spiro atoms. The van der Waals surface area contributed by atoms with Crippen molar-refractivity contribution in [3.63, 3.8) is 0 Å². The fourth-order valence-electron chi connectivity index (χ4n) is 1.19. The molecule has 0 aliphatic rings. The first-order chi connectivity index (χ1) is 7.30. The summed E-state index contributed by atoms with van der Waals surface area (Å²) >= 11 is 1.50. The zero-order valence-electron chi connectivity index (χ0n) is 9.73. The number of nitrogens with zero attached hydrogens (tertiary/aromatic N) is 1. The quantitative estimate of drug-likeness (QED) is 0.851. The molecule has 90 valence electrons. The van der Waals surface area contributed by atoms with E-state index in [-0.39, 0.29) is 18.3 Å². The molecule has 0 bridgehead atoms. The van der Waals surface area contributed by atoms with E-state index in [1.54, 1.807) is 5.38 Å². The van der Waals surface area contributed by atoms with Crippen molar-refractivity contribution in [2.24, 2.45) is 0 Å². The van der Waals surface area contributed by atoms with Gasteiger partial charge in [0.2, 0.25) is 0 Å². The van der Waals surface area contributed by atoms with Crippen LogP contribution in [-0.4, -0.2) is 21.2 Å². The van der Waals surface area contributed by atoms with Crippen molar-refractivity contribution in [2.75, 3.05) is 0 Å². The van der Waals surface area contributed by atoms with Crippen molar-refractivity contribution in [1.29, 1.82) is 0 Å². The number of carboxylic acids is 1. The fourth-order valence-corrected chi connectivity index (χ4v) is 2.15.